The molecule has 0 aliphatic rings. The number of thioether (sulfide) groups is 1. The zero-order chi connectivity index (χ0) is 10.4. The maximum atomic E-state index is 5.76. The highest BCUT2D eigenvalue weighted by Crippen LogP contribution is 2.23. The molecule has 0 unspecified atom stereocenters. The Balaban J connectivity index is 2.39. The summed E-state index contributed by atoms with van der Waals surface area (Å²) in [5.74, 6) is 1.22. The molecule has 0 heterocycles. The lowest BCUT2D eigenvalue weighted by molar-refractivity contribution is 0.778. The summed E-state index contributed by atoms with van der Waals surface area (Å²) < 4.78 is 0. The predicted octanol–water partition coefficient (Wildman–Crippen LogP) is 3.86. The van der Waals surface area contributed by atoms with Gasteiger partial charge in [-0.15, -0.1) is 11.8 Å². The topological polar surface area (TPSA) is 26.0 Å². The molecule has 0 saturated heterocycles. The Morgan fingerprint density at radius 3 is 2.71 bits per heavy atom. The number of benzene rings is 1. The monoisotopic (exact) mass is 209 g/mol. The van der Waals surface area contributed by atoms with E-state index in [1.54, 1.807) is 0 Å². The van der Waals surface area contributed by atoms with Crippen molar-refractivity contribution in [3.63, 3.8) is 0 Å². The molecule has 0 saturated carbocycles. The van der Waals surface area contributed by atoms with Crippen LogP contribution in [0.1, 0.15) is 31.7 Å². The van der Waals surface area contributed by atoms with Gasteiger partial charge in [0.2, 0.25) is 0 Å². The molecule has 1 rings (SSSR count). The van der Waals surface area contributed by atoms with Crippen LogP contribution in [0.5, 0.6) is 0 Å². The average Bonchev–Trinajstić information content (AvgIpc) is 2.18. The predicted molar refractivity (Wildman–Crippen MR) is 65.8 cm³/mol. The maximum Gasteiger partial charge on any atom is 0.0344 e. The van der Waals surface area contributed by atoms with Crippen LogP contribution in [0.15, 0.2) is 23.1 Å². The largest absolute Gasteiger partial charge is 0.399 e. The van der Waals surface area contributed by atoms with Gasteiger partial charge in [0, 0.05) is 10.6 Å². The van der Waals surface area contributed by atoms with Crippen molar-refractivity contribution >= 4 is 17.4 Å². The zero-order valence-electron chi connectivity index (χ0n) is 9.05. The Hall–Kier alpha value is -0.630. The first-order valence-electron chi connectivity index (χ1n) is 5.23. The quantitative estimate of drug-likeness (QED) is 0.453. The number of nitrogens with two attached hydrogens (primary N) is 1. The number of hydrogen-bond acceptors (Lipinski definition) is 2. The molecule has 0 aliphatic carbocycles. The van der Waals surface area contributed by atoms with Crippen LogP contribution in [-0.4, -0.2) is 5.75 Å². The summed E-state index contributed by atoms with van der Waals surface area (Å²) in [7, 11) is 0. The molecule has 2 N–H and O–H groups in total. The highest BCUT2D eigenvalue weighted by Gasteiger charge is 1.97. The highest BCUT2D eigenvalue weighted by molar-refractivity contribution is 7.99. The number of anilines is 1. The van der Waals surface area contributed by atoms with E-state index in [4.69, 9.17) is 5.73 Å². The first-order valence-corrected chi connectivity index (χ1v) is 6.21. The minimum absolute atomic E-state index is 0.892. The summed E-state index contributed by atoms with van der Waals surface area (Å²) in [5, 5.41) is 0. The van der Waals surface area contributed by atoms with E-state index in [0.717, 1.165) is 5.69 Å². The van der Waals surface area contributed by atoms with Crippen LogP contribution in [-0.2, 0) is 0 Å². The smallest absolute Gasteiger partial charge is 0.0344 e. The van der Waals surface area contributed by atoms with Crippen molar-refractivity contribution in [3.8, 4) is 0 Å². The van der Waals surface area contributed by atoms with E-state index >= 15 is 0 Å². The lowest BCUT2D eigenvalue weighted by atomic mass is 10.2. The van der Waals surface area contributed by atoms with Crippen LogP contribution in [0, 0.1) is 6.92 Å². The van der Waals surface area contributed by atoms with Gasteiger partial charge in [0.25, 0.3) is 0 Å². The Kier molecular flexibility index (Phi) is 4.88. The van der Waals surface area contributed by atoms with Gasteiger partial charge in [0.05, 0.1) is 0 Å². The lowest BCUT2D eigenvalue weighted by Crippen LogP contribution is -1.89. The van der Waals surface area contributed by atoms with Gasteiger partial charge >= 0.3 is 0 Å². The molecule has 14 heavy (non-hydrogen) atoms. The van der Waals surface area contributed by atoms with Crippen LogP contribution < -0.4 is 5.73 Å². The van der Waals surface area contributed by atoms with Crippen LogP contribution in [0.4, 0.5) is 5.69 Å². The summed E-state index contributed by atoms with van der Waals surface area (Å²) in [6.45, 7) is 4.30. The molecule has 78 valence electrons. The standard InChI is InChI=1S/C12H19NS/c1-3-4-5-8-14-11-6-7-12(13)10(2)9-11/h6-7,9H,3-5,8,13H2,1-2H3. The first-order chi connectivity index (χ1) is 6.74. The molecule has 0 fully saturated rings. The second kappa shape index (κ2) is 5.97. The van der Waals surface area contributed by atoms with E-state index in [0.29, 0.717) is 0 Å². The van der Waals surface area contributed by atoms with Gasteiger partial charge in [-0.2, -0.15) is 0 Å². The summed E-state index contributed by atoms with van der Waals surface area (Å²) in [6.07, 6.45) is 3.94. The van der Waals surface area contributed by atoms with E-state index in [9.17, 15) is 0 Å². The molecule has 0 bridgehead atoms. The van der Waals surface area contributed by atoms with Crippen LogP contribution in [0.25, 0.3) is 0 Å². The van der Waals surface area contributed by atoms with Crippen molar-refractivity contribution in [3.05, 3.63) is 23.8 Å². The second-order valence-electron chi connectivity index (χ2n) is 3.57. The molecule has 0 atom stereocenters. The van der Waals surface area contributed by atoms with E-state index in [2.05, 4.69) is 26.0 Å². The molecule has 1 aromatic carbocycles. The molecule has 1 aromatic rings. The molecular formula is C12H19NS. The number of aryl methyl sites for hydroxylation is 1. The number of rotatable bonds is 5. The third-order valence-electron chi connectivity index (χ3n) is 2.26. The Bertz CT molecular complexity index is 284. The van der Waals surface area contributed by atoms with Crippen molar-refractivity contribution in [2.75, 3.05) is 11.5 Å². The van der Waals surface area contributed by atoms with Gasteiger partial charge in [0.15, 0.2) is 0 Å². The SMILES string of the molecule is CCCCCSc1ccc(N)c(C)c1. The third kappa shape index (κ3) is 3.62. The van der Waals surface area contributed by atoms with E-state index in [-0.39, 0.29) is 0 Å². The Morgan fingerprint density at radius 2 is 2.07 bits per heavy atom. The van der Waals surface area contributed by atoms with Crippen molar-refractivity contribution in [1.29, 1.82) is 0 Å². The van der Waals surface area contributed by atoms with Gasteiger partial charge in [-0.25, -0.2) is 0 Å². The minimum Gasteiger partial charge on any atom is -0.399 e. The molecule has 0 amide bonds. The van der Waals surface area contributed by atoms with Gasteiger partial charge in [-0.05, 0) is 42.9 Å². The third-order valence-corrected chi connectivity index (χ3v) is 3.34. The number of unbranched alkanes of at least 4 members (excludes halogenated alkanes) is 2. The van der Waals surface area contributed by atoms with Crippen molar-refractivity contribution < 1.29 is 0 Å². The average molecular weight is 209 g/mol. The Labute approximate surface area is 91.1 Å². The molecule has 2 heteroatoms. The van der Waals surface area contributed by atoms with Crippen LogP contribution in [0.2, 0.25) is 0 Å². The van der Waals surface area contributed by atoms with E-state index in [1.165, 1.54) is 35.5 Å². The lowest BCUT2D eigenvalue weighted by Gasteiger charge is -2.04. The van der Waals surface area contributed by atoms with Crippen LogP contribution in [0.3, 0.4) is 0 Å². The van der Waals surface area contributed by atoms with Crippen molar-refractivity contribution in [2.24, 2.45) is 0 Å². The number of nitrogen functional groups attached to an aromatic ring is 1. The van der Waals surface area contributed by atoms with Crippen molar-refractivity contribution in [1.82, 2.24) is 0 Å². The fourth-order valence-electron chi connectivity index (χ4n) is 1.28. The van der Waals surface area contributed by atoms with E-state index < -0.39 is 0 Å². The summed E-state index contributed by atoms with van der Waals surface area (Å²) in [5.41, 5.74) is 7.83. The molecule has 0 radical (unpaired) electrons. The first kappa shape index (κ1) is 11.4. The van der Waals surface area contributed by atoms with Crippen LogP contribution >= 0.6 is 11.8 Å². The van der Waals surface area contributed by atoms with E-state index in [1.807, 2.05) is 17.8 Å². The molecule has 1 nitrogen and oxygen atoms in total. The zero-order valence-corrected chi connectivity index (χ0v) is 9.86. The fraction of sp³-hybridized carbons (Fsp3) is 0.500. The summed E-state index contributed by atoms with van der Waals surface area (Å²) in [4.78, 5) is 1.34. The molecule has 0 spiro atoms. The minimum atomic E-state index is 0.892. The molecule has 0 aliphatic heterocycles. The van der Waals surface area contributed by atoms with Gasteiger partial charge in [-0.1, -0.05) is 19.8 Å². The highest BCUT2D eigenvalue weighted by atomic mass is 32.2. The second-order valence-corrected chi connectivity index (χ2v) is 4.74. The molecule has 0 aromatic heterocycles. The van der Waals surface area contributed by atoms with Gasteiger partial charge in [-0.3, -0.25) is 0 Å². The van der Waals surface area contributed by atoms with Gasteiger partial charge < -0.3 is 5.73 Å². The van der Waals surface area contributed by atoms with Gasteiger partial charge in [0.1, 0.15) is 0 Å². The fourth-order valence-corrected chi connectivity index (χ4v) is 2.29. The molecular weight excluding hydrogens is 190 g/mol. The van der Waals surface area contributed by atoms with Crippen molar-refractivity contribution in [2.45, 2.75) is 38.0 Å². The normalized spacial score (nSPS) is 10.4. The maximum absolute atomic E-state index is 5.76. The number of hydrogen-bond donors (Lipinski definition) is 1. The summed E-state index contributed by atoms with van der Waals surface area (Å²) >= 11 is 1.93. The Morgan fingerprint density at radius 1 is 1.29 bits per heavy atom. The summed E-state index contributed by atoms with van der Waals surface area (Å²) in [6, 6.07) is 6.28.